The third-order valence-corrected chi connectivity index (χ3v) is 6.95. The summed E-state index contributed by atoms with van der Waals surface area (Å²) in [6.07, 6.45) is 2.14. The predicted octanol–water partition coefficient (Wildman–Crippen LogP) is 4.67. The number of hydrogen-bond acceptors (Lipinski definition) is 3. The van der Waals surface area contributed by atoms with E-state index in [-0.39, 0.29) is 12.0 Å². The van der Waals surface area contributed by atoms with Crippen molar-refractivity contribution in [3.05, 3.63) is 82.4 Å². The molecule has 32 heavy (non-hydrogen) atoms. The third kappa shape index (κ3) is 3.50. The molecule has 0 aromatic heterocycles. The molecule has 5 heteroatoms. The Bertz CT molecular complexity index is 1080. The SMILES string of the molecule is CC(C)CC1(c2ccccc2)OC(=O)C2=C1CN(C(=O)N1CCc3ccccc3C1)CC2. The molecule has 5 rings (SSSR count). The number of fused-ring (bicyclic) bond motifs is 1. The maximum Gasteiger partial charge on any atom is 0.335 e. The molecule has 0 saturated heterocycles. The smallest absolute Gasteiger partial charge is 0.335 e. The fraction of sp³-hybridized carbons (Fsp3) is 0.407. The number of cyclic esters (lactones) is 1. The van der Waals surface area contributed by atoms with Gasteiger partial charge in [-0.1, -0.05) is 68.4 Å². The Kier molecular flexibility index (Phi) is 5.28. The lowest BCUT2D eigenvalue weighted by atomic mass is 9.77. The second kappa shape index (κ2) is 8.12. The molecule has 0 radical (unpaired) electrons. The number of nitrogens with zero attached hydrogens (tertiary/aromatic N) is 2. The maximum atomic E-state index is 13.5. The summed E-state index contributed by atoms with van der Waals surface area (Å²) >= 11 is 0. The van der Waals surface area contributed by atoms with Crippen LogP contribution in [0.25, 0.3) is 0 Å². The molecule has 166 valence electrons. The number of carbonyl (C=O) groups is 2. The summed E-state index contributed by atoms with van der Waals surface area (Å²) in [5.41, 5.74) is 4.50. The number of rotatable bonds is 3. The molecular formula is C27H30N2O3. The first-order valence-corrected chi connectivity index (χ1v) is 11.6. The van der Waals surface area contributed by atoms with Crippen molar-refractivity contribution in [2.24, 2.45) is 5.92 Å². The standard InChI is InChI=1S/C27H30N2O3/c1-19(2)16-27(22-10-4-3-5-11-22)24-18-29(15-13-23(24)25(30)32-27)26(31)28-14-12-20-8-6-7-9-21(20)17-28/h3-11,19H,12-18H2,1-2H3. The van der Waals surface area contributed by atoms with Gasteiger partial charge in [0.2, 0.25) is 0 Å². The Morgan fingerprint density at radius 3 is 2.34 bits per heavy atom. The zero-order chi connectivity index (χ0) is 22.3. The summed E-state index contributed by atoms with van der Waals surface area (Å²) in [5, 5.41) is 0. The van der Waals surface area contributed by atoms with Crippen LogP contribution >= 0.6 is 0 Å². The van der Waals surface area contributed by atoms with Gasteiger partial charge in [0, 0.05) is 37.3 Å². The zero-order valence-electron chi connectivity index (χ0n) is 18.8. The second-order valence-corrected chi connectivity index (χ2v) is 9.53. The number of ether oxygens (including phenoxy) is 1. The van der Waals surface area contributed by atoms with E-state index in [0.717, 1.165) is 29.7 Å². The van der Waals surface area contributed by atoms with E-state index in [2.05, 4.69) is 32.0 Å². The van der Waals surface area contributed by atoms with Crippen molar-refractivity contribution in [1.82, 2.24) is 9.80 Å². The Morgan fingerprint density at radius 2 is 1.59 bits per heavy atom. The molecule has 3 heterocycles. The van der Waals surface area contributed by atoms with Crippen molar-refractivity contribution in [3.8, 4) is 0 Å². The van der Waals surface area contributed by atoms with Gasteiger partial charge in [0.15, 0.2) is 5.60 Å². The van der Waals surface area contributed by atoms with Crippen LogP contribution < -0.4 is 0 Å². The van der Waals surface area contributed by atoms with E-state index in [1.807, 2.05) is 46.2 Å². The van der Waals surface area contributed by atoms with Crippen LogP contribution in [0.1, 0.15) is 43.4 Å². The topological polar surface area (TPSA) is 49.9 Å². The molecule has 2 aromatic carbocycles. The number of urea groups is 1. The molecule has 0 saturated carbocycles. The first-order chi connectivity index (χ1) is 15.5. The van der Waals surface area contributed by atoms with Crippen LogP contribution in [0.15, 0.2) is 65.7 Å². The predicted molar refractivity (Wildman–Crippen MR) is 123 cm³/mol. The summed E-state index contributed by atoms with van der Waals surface area (Å²) in [5.74, 6) is 0.114. The van der Waals surface area contributed by atoms with Gasteiger partial charge in [-0.2, -0.15) is 0 Å². The average Bonchev–Trinajstić information content (AvgIpc) is 3.10. The Hall–Kier alpha value is -3.08. The van der Waals surface area contributed by atoms with Gasteiger partial charge in [0.1, 0.15) is 0 Å². The molecule has 0 spiro atoms. The van der Waals surface area contributed by atoms with E-state index in [9.17, 15) is 9.59 Å². The highest BCUT2D eigenvalue weighted by molar-refractivity contribution is 5.94. The molecule has 0 fully saturated rings. The lowest BCUT2D eigenvalue weighted by Gasteiger charge is -2.39. The monoisotopic (exact) mass is 430 g/mol. The minimum atomic E-state index is -0.782. The minimum absolute atomic E-state index is 0.0527. The summed E-state index contributed by atoms with van der Waals surface area (Å²) in [7, 11) is 0. The van der Waals surface area contributed by atoms with Crippen molar-refractivity contribution in [1.29, 1.82) is 0 Å². The van der Waals surface area contributed by atoms with Gasteiger partial charge in [0.05, 0.1) is 0 Å². The molecule has 0 aliphatic carbocycles. The third-order valence-electron chi connectivity index (χ3n) is 6.95. The molecule has 1 unspecified atom stereocenters. The van der Waals surface area contributed by atoms with Crippen LogP contribution in [0.3, 0.4) is 0 Å². The van der Waals surface area contributed by atoms with Crippen LogP contribution in [0.4, 0.5) is 4.79 Å². The zero-order valence-corrected chi connectivity index (χ0v) is 18.8. The molecule has 0 N–H and O–H groups in total. The molecule has 2 amide bonds. The van der Waals surface area contributed by atoms with Crippen molar-refractivity contribution in [3.63, 3.8) is 0 Å². The highest BCUT2D eigenvalue weighted by atomic mass is 16.6. The van der Waals surface area contributed by atoms with Gasteiger partial charge in [0.25, 0.3) is 0 Å². The van der Waals surface area contributed by atoms with E-state index < -0.39 is 5.60 Å². The van der Waals surface area contributed by atoms with Crippen LogP contribution in [0.2, 0.25) is 0 Å². The number of benzene rings is 2. The van der Waals surface area contributed by atoms with Crippen molar-refractivity contribution in [2.45, 2.75) is 45.3 Å². The molecule has 3 aliphatic rings. The molecule has 2 aromatic rings. The van der Waals surface area contributed by atoms with Gasteiger partial charge in [-0.05, 0) is 41.9 Å². The highest BCUT2D eigenvalue weighted by Gasteiger charge is 2.51. The number of hydrogen-bond donors (Lipinski definition) is 0. The quantitative estimate of drug-likeness (QED) is 0.665. The second-order valence-electron chi connectivity index (χ2n) is 9.53. The molecule has 0 bridgehead atoms. The molecule has 5 nitrogen and oxygen atoms in total. The van der Waals surface area contributed by atoms with Gasteiger partial charge < -0.3 is 14.5 Å². The number of amides is 2. The summed E-state index contributed by atoms with van der Waals surface area (Å²) < 4.78 is 6.15. The lowest BCUT2D eigenvalue weighted by molar-refractivity contribution is -0.149. The summed E-state index contributed by atoms with van der Waals surface area (Å²) in [4.78, 5) is 30.3. The van der Waals surface area contributed by atoms with Gasteiger partial charge >= 0.3 is 12.0 Å². The van der Waals surface area contributed by atoms with E-state index in [0.29, 0.717) is 38.4 Å². The van der Waals surface area contributed by atoms with Crippen LogP contribution in [-0.2, 0) is 28.1 Å². The van der Waals surface area contributed by atoms with Gasteiger partial charge in [-0.3, -0.25) is 0 Å². The van der Waals surface area contributed by atoms with E-state index in [1.165, 1.54) is 11.1 Å². The largest absolute Gasteiger partial charge is 0.446 e. The fourth-order valence-corrected chi connectivity index (χ4v) is 5.46. The van der Waals surface area contributed by atoms with Crippen molar-refractivity contribution < 1.29 is 14.3 Å². The Morgan fingerprint density at radius 1 is 0.938 bits per heavy atom. The van der Waals surface area contributed by atoms with Crippen molar-refractivity contribution in [2.75, 3.05) is 19.6 Å². The van der Waals surface area contributed by atoms with E-state index in [4.69, 9.17) is 4.74 Å². The maximum absolute atomic E-state index is 13.5. The van der Waals surface area contributed by atoms with Gasteiger partial charge in [-0.25, -0.2) is 9.59 Å². The molecular weight excluding hydrogens is 400 g/mol. The highest BCUT2D eigenvalue weighted by Crippen LogP contribution is 2.48. The van der Waals surface area contributed by atoms with Crippen LogP contribution in [0.5, 0.6) is 0 Å². The first-order valence-electron chi connectivity index (χ1n) is 11.6. The lowest BCUT2D eigenvalue weighted by Crippen LogP contribution is -2.49. The van der Waals surface area contributed by atoms with E-state index >= 15 is 0 Å². The number of carbonyl (C=O) groups excluding carboxylic acids is 2. The van der Waals surface area contributed by atoms with E-state index in [1.54, 1.807) is 0 Å². The fourth-order valence-electron chi connectivity index (χ4n) is 5.46. The molecule has 1 atom stereocenters. The van der Waals surface area contributed by atoms with Crippen molar-refractivity contribution >= 4 is 12.0 Å². The summed E-state index contributed by atoms with van der Waals surface area (Å²) in [6, 6.07) is 18.4. The Balaban J connectivity index is 1.44. The van der Waals surface area contributed by atoms with Gasteiger partial charge in [-0.15, -0.1) is 0 Å². The summed E-state index contributed by atoms with van der Waals surface area (Å²) in [6.45, 7) is 6.66. The number of esters is 1. The molecule has 3 aliphatic heterocycles. The van der Waals surface area contributed by atoms with Crippen LogP contribution in [-0.4, -0.2) is 41.4 Å². The Labute approximate surface area is 189 Å². The minimum Gasteiger partial charge on any atom is -0.446 e. The van der Waals surface area contributed by atoms with Crippen LogP contribution in [0, 0.1) is 5.92 Å². The average molecular weight is 431 g/mol. The normalized spacial score (nSPS) is 22.7. The first kappa shape index (κ1) is 20.8.